The summed E-state index contributed by atoms with van der Waals surface area (Å²) in [6.45, 7) is 2.98. The number of methoxy groups -OCH3 is 2. The fraction of sp³-hybridized carbons (Fsp3) is 0.304. The average molecular weight is 1410 g/mol. The number of pyridine rings is 3. The van der Waals surface area contributed by atoms with Crippen molar-refractivity contribution in [2.24, 2.45) is 5.73 Å². The van der Waals surface area contributed by atoms with Crippen molar-refractivity contribution >= 4 is 105 Å². The van der Waals surface area contributed by atoms with Crippen molar-refractivity contribution in [1.29, 1.82) is 10.5 Å². The number of nitriles is 2. The van der Waals surface area contributed by atoms with Crippen molar-refractivity contribution in [1.82, 2.24) is 30.5 Å². The van der Waals surface area contributed by atoms with Gasteiger partial charge in [0.15, 0.2) is 0 Å². The summed E-state index contributed by atoms with van der Waals surface area (Å²) >= 11 is 29.6. The monoisotopic (exact) mass is 1410 g/mol. The first-order valence-corrected chi connectivity index (χ1v) is 32.7. The summed E-state index contributed by atoms with van der Waals surface area (Å²) in [7, 11) is 3.31. The van der Waals surface area contributed by atoms with Gasteiger partial charge in [-0.1, -0.05) is 75.8 Å². The molecule has 0 spiro atoms. The number of piperidine rings is 3. The molecule has 4 N–H and O–H groups in total. The highest BCUT2D eigenvalue weighted by Gasteiger charge is 2.33. The van der Waals surface area contributed by atoms with E-state index in [1.165, 1.54) is 77.9 Å². The fourth-order valence-corrected chi connectivity index (χ4v) is 14.7. The molecule has 6 heterocycles. The third-order valence-electron chi connectivity index (χ3n) is 17.2. The molecule has 13 rings (SSSR count). The SMILES string of the molecule is COc1ccc(CN2CC/C(=C3/c4ccc(Cl)cc4CCc4cc(Br)cnc43)CC2C#N)c(OC)c1.N#CC1C/C(=C2\c3ccc(Cl)cc3CCc3cc(Br)cnc32)CCN1.NC(=O)C1C/C(=C2\c3ccc(Cl)cc3CCc3cc(Br)cnc32)CCN1. The van der Waals surface area contributed by atoms with Gasteiger partial charge >= 0.3 is 0 Å². The number of carbonyl (C=O) groups is 1. The van der Waals surface area contributed by atoms with Crippen molar-refractivity contribution in [3.8, 4) is 23.6 Å². The molecule has 3 fully saturated rings. The Labute approximate surface area is 548 Å². The van der Waals surface area contributed by atoms with Gasteiger partial charge in [0.05, 0.1) is 55.5 Å². The Balaban J connectivity index is 0.000000138. The lowest BCUT2D eigenvalue weighted by Crippen LogP contribution is -2.45. The molecule has 3 aliphatic heterocycles. The summed E-state index contributed by atoms with van der Waals surface area (Å²) in [4.78, 5) is 28.4. The van der Waals surface area contributed by atoms with E-state index in [1.54, 1.807) is 14.2 Å². The quantitative estimate of drug-likeness (QED) is 0.150. The third kappa shape index (κ3) is 14.1. The molecule has 0 radical (unpaired) electrons. The first kappa shape index (κ1) is 62.4. The predicted molar refractivity (Wildman–Crippen MR) is 356 cm³/mol. The molecule has 3 atom stereocenters. The Hall–Kier alpha value is -6.21. The van der Waals surface area contributed by atoms with Gasteiger partial charge in [0.25, 0.3) is 0 Å². The Morgan fingerprint density at radius 2 is 1.03 bits per heavy atom. The summed E-state index contributed by atoms with van der Waals surface area (Å²) in [5.74, 6) is 1.22. The standard InChI is InChI=1S/C29H27BrClN3O2.C20H19BrClN3O.C20H17BrClN3/c1-35-25-7-5-21(27(14-25)36-2)17-34-10-9-19(13-24(34)15-32)28-26-8-6-23(31)12-18(26)3-4-20-11-22(30)16-33-29(20)28;21-14-7-13-2-1-11-8-15(22)3-4-16(11)18(19(13)25-10-14)12-5-6-24-17(9-12)20(23)26;21-15-7-14-2-1-12-8-16(22)3-4-18(12)19(20(14)25-11-15)13-5-6-24-17(9-13)10-23/h5-8,11-12,14,16,24H,3-4,9-10,13,17H2,1-2H3;3-4,7-8,10,17,24H,1-2,5-6,9H2,(H2,23,26);3-4,7-8,11,17,24H,1-2,5-6,9H2/b28-19+;18-12+;19-13+. The summed E-state index contributed by atoms with van der Waals surface area (Å²) < 4.78 is 13.9. The molecular weight excluding hydrogens is 1350 g/mol. The van der Waals surface area contributed by atoms with Gasteiger partial charge in [-0.2, -0.15) is 10.5 Å². The number of ether oxygens (including phenoxy) is 2. The number of primary amides is 1. The highest BCUT2D eigenvalue weighted by molar-refractivity contribution is 9.11. The van der Waals surface area contributed by atoms with Crippen LogP contribution in [0, 0.1) is 22.7 Å². The molecule has 7 aromatic rings. The number of carbonyl (C=O) groups excluding carboxylic acids is 1. The minimum atomic E-state index is -0.329. The number of likely N-dealkylation sites (tertiary alicyclic amines) is 1. The zero-order chi connectivity index (χ0) is 60.9. The fourth-order valence-electron chi connectivity index (χ4n) is 13.0. The first-order valence-electron chi connectivity index (χ1n) is 29.2. The van der Waals surface area contributed by atoms with Gasteiger partial charge in [-0.05, 0) is 242 Å². The number of benzene rings is 4. The number of aryl methyl sites for hydroxylation is 6. The van der Waals surface area contributed by atoms with E-state index in [2.05, 4.69) is 124 Å². The van der Waals surface area contributed by atoms with E-state index in [-0.39, 0.29) is 24.0 Å². The number of nitrogens with zero attached hydrogens (tertiary/aromatic N) is 6. The first-order chi connectivity index (χ1) is 42.2. The molecule has 444 valence electrons. The topological polar surface area (TPSA) is 175 Å². The van der Waals surface area contributed by atoms with Crippen LogP contribution in [-0.2, 0) is 49.9 Å². The van der Waals surface area contributed by atoms with Crippen molar-refractivity contribution in [2.45, 2.75) is 102 Å². The molecule has 0 saturated carbocycles. The van der Waals surface area contributed by atoms with Crippen LogP contribution in [0.15, 0.2) is 140 Å². The smallest absolute Gasteiger partial charge is 0.234 e. The summed E-state index contributed by atoms with van der Waals surface area (Å²) in [5, 5.41) is 28.3. The van der Waals surface area contributed by atoms with Crippen LogP contribution in [0.2, 0.25) is 15.1 Å². The number of nitrogens with one attached hydrogen (secondary N) is 2. The number of fused-ring (bicyclic) bond motifs is 6. The highest BCUT2D eigenvalue weighted by atomic mass is 79.9. The number of nitrogens with two attached hydrogens (primary N) is 1. The molecular formula is C69H63Br3Cl3N9O3. The molecule has 3 unspecified atom stereocenters. The van der Waals surface area contributed by atoms with Crippen molar-refractivity contribution in [3.05, 3.63) is 228 Å². The van der Waals surface area contributed by atoms with Gasteiger partial charge in [-0.15, -0.1) is 0 Å². The molecule has 12 nitrogen and oxygen atoms in total. The second-order valence-electron chi connectivity index (χ2n) is 22.5. The van der Waals surface area contributed by atoms with Crippen molar-refractivity contribution in [3.63, 3.8) is 0 Å². The lowest BCUT2D eigenvalue weighted by atomic mass is 9.86. The summed E-state index contributed by atoms with van der Waals surface area (Å²) in [6, 6.07) is 34.9. The van der Waals surface area contributed by atoms with Gasteiger partial charge in [-0.25, -0.2) is 0 Å². The average Bonchev–Trinajstić information content (AvgIpc) is 2.76. The van der Waals surface area contributed by atoms with Gasteiger partial charge in [0.1, 0.15) is 17.5 Å². The number of halogens is 6. The van der Waals surface area contributed by atoms with E-state index in [0.29, 0.717) is 19.4 Å². The lowest BCUT2D eigenvalue weighted by Gasteiger charge is -2.34. The van der Waals surface area contributed by atoms with Crippen LogP contribution < -0.4 is 25.8 Å². The largest absolute Gasteiger partial charge is 0.497 e. The van der Waals surface area contributed by atoms with Gasteiger partial charge in [0, 0.05) is 95.1 Å². The molecule has 6 aliphatic rings. The maximum Gasteiger partial charge on any atom is 0.234 e. The molecule has 3 aromatic heterocycles. The Kier molecular flexibility index (Phi) is 20.1. The zero-order valence-electron chi connectivity index (χ0n) is 48.2. The van der Waals surface area contributed by atoms with E-state index >= 15 is 0 Å². The normalized spacial score (nSPS) is 21.2. The van der Waals surface area contributed by atoms with E-state index in [9.17, 15) is 15.3 Å². The molecule has 87 heavy (non-hydrogen) atoms. The molecule has 0 bridgehead atoms. The van der Waals surface area contributed by atoms with E-state index in [0.717, 1.165) is 152 Å². The summed E-state index contributed by atoms with van der Waals surface area (Å²) in [5.41, 5.74) is 28.0. The number of hydrogen-bond acceptors (Lipinski definition) is 11. The zero-order valence-corrected chi connectivity index (χ0v) is 55.2. The van der Waals surface area contributed by atoms with Gasteiger partial charge in [0.2, 0.25) is 5.91 Å². The van der Waals surface area contributed by atoms with Gasteiger partial charge < -0.3 is 25.8 Å². The second kappa shape index (κ2) is 28.1. The van der Waals surface area contributed by atoms with Crippen LogP contribution in [0.25, 0.3) is 16.7 Å². The van der Waals surface area contributed by atoms with E-state index in [1.807, 2.05) is 61.1 Å². The van der Waals surface area contributed by atoms with Crippen LogP contribution in [-0.4, -0.2) is 77.7 Å². The van der Waals surface area contributed by atoms with Gasteiger partial charge in [-0.3, -0.25) is 24.6 Å². The Morgan fingerprint density at radius 3 is 1.48 bits per heavy atom. The van der Waals surface area contributed by atoms with Crippen LogP contribution in [0.5, 0.6) is 11.5 Å². The Morgan fingerprint density at radius 1 is 0.575 bits per heavy atom. The number of aromatic nitrogens is 3. The lowest BCUT2D eigenvalue weighted by molar-refractivity contribution is -0.120. The van der Waals surface area contributed by atoms with Crippen molar-refractivity contribution < 1.29 is 14.3 Å². The van der Waals surface area contributed by atoms with Crippen LogP contribution in [0.1, 0.15) is 111 Å². The predicted octanol–water partition coefficient (Wildman–Crippen LogP) is 14.9. The molecule has 1 amide bonds. The maximum absolute atomic E-state index is 11.7. The number of amides is 1. The molecule has 3 saturated heterocycles. The van der Waals surface area contributed by atoms with E-state index in [4.69, 9.17) is 65.0 Å². The highest BCUT2D eigenvalue weighted by Crippen LogP contribution is 2.44. The number of hydrogen-bond donors (Lipinski definition) is 3. The van der Waals surface area contributed by atoms with Crippen LogP contribution in [0.3, 0.4) is 0 Å². The molecule has 3 aliphatic carbocycles. The van der Waals surface area contributed by atoms with Crippen LogP contribution in [0.4, 0.5) is 0 Å². The molecule has 4 aromatic carbocycles. The third-order valence-corrected chi connectivity index (χ3v) is 19.2. The second-order valence-corrected chi connectivity index (χ2v) is 26.6. The molecule has 18 heteroatoms. The number of rotatable bonds is 5. The Bertz CT molecular complexity index is 3860. The van der Waals surface area contributed by atoms with Crippen LogP contribution >= 0.6 is 82.6 Å². The minimum Gasteiger partial charge on any atom is -0.497 e. The van der Waals surface area contributed by atoms with Crippen molar-refractivity contribution in [2.75, 3.05) is 33.9 Å². The maximum atomic E-state index is 11.7. The summed E-state index contributed by atoms with van der Waals surface area (Å²) in [6.07, 6.45) is 15.8. The van der Waals surface area contributed by atoms with E-state index < -0.39 is 0 Å². The minimum absolute atomic E-state index is 0.130.